The van der Waals surface area contributed by atoms with Crippen LogP contribution in [-0.2, 0) is 10.0 Å². The third-order valence-electron chi connectivity index (χ3n) is 2.65. The maximum absolute atomic E-state index is 11.8. The predicted octanol–water partition coefficient (Wildman–Crippen LogP) is 0.707. The van der Waals surface area contributed by atoms with Gasteiger partial charge in [0.25, 0.3) is 0 Å². The first-order valence-corrected chi connectivity index (χ1v) is 7.00. The average Bonchev–Trinajstić information content (AvgIpc) is 2.18. The Hall–Kier alpha value is -0.390. The van der Waals surface area contributed by atoms with Gasteiger partial charge in [0.1, 0.15) is 0 Å². The number of sulfonamides is 1. The molecule has 1 rings (SSSR count). The second-order valence-corrected chi connectivity index (χ2v) is 6.06. The first kappa shape index (κ1) is 12.7. The van der Waals surface area contributed by atoms with Crippen LogP contribution in [0.5, 0.6) is 0 Å². The Morgan fingerprint density at radius 1 is 1.47 bits per heavy atom. The van der Waals surface area contributed by atoms with Crippen LogP contribution in [0, 0.1) is 0 Å². The molecule has 0 fully saturated rings. The van der Waals surface area contributed by atoms with Crippen molar-refractivity contribution in [2.24, 2.45) is 5.73 Å². The molecule has 0 aromatic rings. The van der Waals surface area contributed by atoms with E-state index >= 15 is 0 Å². The summed E-state index contributed by atoms with van der Waals surface area (Å²) in [5, 5.41) is 0. The minimum Gasteiger partial charge on any atom is -0.330 e. The third kappa shape index (κ3) is 3.93. The molecule has 0 bridgehead atoms. The lowest BCUT2D eigenvalue weighted by molar-refractivity contribution is 0.430. The van der Waals surface area contributed by atoms with Gasteiger partial charge in [-0.05, 0) is 32.7 Å². The summed E-state index contributed by atoms with van der Waals surface area (Å²) in [5.41, 5.74) is 6.62. The molecule has 0 aliphatic carbocycles. The van der Waals surface area contributed by atoms with Gasteiger partial charge in [-0.2, -0.15) is 4.31 Å². The van der Waals surface area contributed by atoms with Crippen molar-refractivity contribution in [1.82, 2.24) is 4.31 Å². The van der Waals surface area contributed by atoms with E-state index in [0.29, 0.717) is 26.1 Å². The van der Waals surface area contributed by atoms with Crippen LogP contribution in [0.4, 0.5) is 0 Å². The predicted molar refractivity (Wildman–Crippen MR) is 62.0 cm³/mol. The lowest BCUT2D eigenvalue weighted by Gasteiger charge is -2.24. The van der Waals surface area contributed by atoms with Crippen molar-refractivity contribution in [2.45, 2.75) is 26.2 Å². The fraction of sp³-hybridized carbons (Fsp3) is 0.800. The van der Waals surface area contributed by atoms with Crippen molar-refractivity contribution in [2.75, 3.05) is 25.4 Å². The van der Waals surface area contributed by atoms with Crippen LogP contribution in [0.3, 0.4) is 0 Å². The molecule has 15 heavy (non-hydrogen) atoms. The quantitative estimate of drug-likeness (QED) is 0.561. The molecule has 0 atom stereocenters. The molecule has 0 saturated carbocycles. The highest BCUT2D eigenvalue weighted by molar-refractivity contribution is 7.89. The first-order chi connectivity index (χ1) is 7.06. The molecule has 1 aliphatic rings. The summed E-state index contributed by atoms with van der Waals surface area (Å²) < 4.78 is 25.2. The van der Waals surface area contributed by atoms with Gasteiger partial charge in [0.05, 0.1) is 5.75 Å². The summed E-state index contributed by atoms with van der Waals surface area (Å²) in [7, 11) is -3.05. The Kier molecular flexibility index (Phi) is 4.76. The van der Waals surface area contributed by atoms with Gasteiger partial charge in [0.15, 0.2) is 0 Å². The van der Waals surface area contributed by atoms with Crippen LogP contribution >= 0.6 is 0 Å². The van der Waals surface area contributed by atoms with Crippen molar-refractivity contribution in [1.29, 1.82) is 0 Å². The molecule has 1 aliphatic heterocycles. The number of unbranched alkanes of at least 4 members (excludes halogenated alkanes) is 1. The van der Waals surface area contributed by atoms with Gasteiger partial charge in [-0.25, -0.2) is 8.42 Å². The van der Waals surface area contributed by atoms with Gasteiger partial charge in [0.2, 0.25) is 10.0 Å². The molecular formula is C10H20N2O2S. The van der Waals surface area contributed by atoms with E-state index in [0.717, 1.165) is 12.8 Å². The average molecular weight is 232 g/mol. The van der Waals surface area contributed by atoms with E-state index < -0.39 is 10.0 Å². The van der Waals surface area contributed by atoms with Crippen LogP contribution in [0.15, 0.2) is 11.6 Å². The summed E-state index contributed by atoms with van der Waals surface area (Å²) in [6, 6.07) is 0. The van der Waals surface area contributed by atoms with Crippen molar-refractivity contribution in [3.05, 3.63) is 11.6 Å². The Labute approximate surface area is 92.2 Å². The summed E-state index contributed by atoms with van der Waals surface area (Å²) >= 11 is 0. The zero-order valence-electron chi connectivity index (χ0n) is 9.28. The third-order valence-corrected chi connectivity index (χ3v) is 4.57. The Balaban J connectivity index is 2.48. The molecule has 1 heterocycles. The molecule has 4 nitrogen and oxygen atoms in total. The summed E-state index contributed by atoms with van der Waals surface area (Å²) in [6.07, 6.45) is 4.29. The molecule has 0 unspecified atom stereocenters. The molecular weight excluding hydrogens is 212 g/mol. The maximum atomic E-state index is 11.8. The smallest absolute Gasteiger partial charge is 0.214 e. The lowest BCUT2D eigenvalue weighted by atomic mass is 10.1. The number of nitrogens with two attached hydrogens (primary N) is 1. The monoisotopic (exact) mass is 232 g/mol. The molecule has 2 N–H and O–H groups in total. The highest BCUT2D eigenvalue weighted by Crippen LogP contribution is 2.14. The largest absolute Gasteiger partial charge is 0.330 e. The molecule has 0 amide bonds. The number of hydrogen-bond acceptors (Lipinski definition) is 3. The maximum Gasteiger partial charge on any atom is 0.214 e. The second-order valence-electron chi connectivity index (χ2n) is 3.97. The van der Waals surface area contributed by atoms with E-state index in [1.807, 2.05) is 13.0 Å². The summed E-state index contributed by atoms with van der Waals surface area (Å²) in [4.78, 5) is 0. The zero-order chi connectivity index (χ0) is 11.3. The van der Waals surface area contributed by atoms with Crippen molar-refractivity contribution >= 4 is 10.0 Å². The van der Waals surface area contributed by atoms with Crippen LogP contribution in [0.25, 0.3) is 0 Å². The number of nitrogens with zero attached hydrogens (tertiary/aromatic N) is 1. The Morgan fingerprint density at radius 2 is 2.20 bits per heavy atom. The molecule has 0 aromatic heterocycles. The molecule has 5 heteroatoms. The zero-order valence-corrected chi connectivity index (χ0v) is 10.1. The SMILES string of the molecule is CC1=CCN(S(=O)(=O)CCCCN)CC1. The van der Waals surface area contributed by atoms with E-state index in [1.54, 1.807) is 4.31 Å². The number of rotatable bonds is 5. The molecule has 0 saturated heterocycles. The molecule has 0 aromatic carbocycles. The van der Waals surface area contributed by atoms with E-state index in [4.69, 9.17) is 5.73 Å². The highest BCUT2D eigenvalue weighted by Gasteiger charge is 2.22. The topological polar surface area (TPSA) is 63.4 Å². The van der Waals surface area contributed by atoms with Crippen LogP contribution < -0.4 is 5.73 Å². The van der Waals surface area contributed by atoms with Crippen molar-refractivity contribution < 1.29 is 8.42 Å². The summed E-state index contributed by atoms with van der Waals surface area (Å²) in [5.74, 6) is 0.233. The standard InChI is InChI=1S/C10H20N2O2S/c1-10-4-7-12(8-5-10)15(13,14)9-3-2-6-11/h4H,2-3,5-9,11H2,1H3. The fourth-order valence-electron chi connectivity index (χ4n) is 1.56. The van der Waals surface area contributed by atoms with Gasteiger partial charge < -0.3 is 5.73 Å². The molecule has 0 radical (unpaired) electrons. The van der Waals surface area contributed by atoms with Gasteiger partial charge in [-0.1, -0.05) is 11.6 Å². The van der Waals surface area contributed by atoms with E-state index in [9.17, 15) is 8.42 Å². The van der Waals surface area contributed by atoms with Gasteiger partial charge in [-0.3, -0.25) is 0 Å². The summed E-state index contributed by atoms with van der Waals surface area (Å²) in [6.45, 7) is 3.77. The van der Waals surface area contributed by atoms with Gasteiger partial charge >= 0.3 is 0 Å². The van der Waals surface area contributed by atoms with Crippen LogP contribution in [0.1, 0.15) is 26.2 Å². The normalized spacial score (nSPS) is 18.9. The minimum atomic E-state index is -3.05. The lowest BCUT2D eigenvalue weighted by Crippen LogP contribution is -2.36. The van der Waals surface area contributed by atoms with Crippen molar-refractivity contribution in [3.63, 3.8) is 0 Å². The fourth-order valence-corrected chi connectivity index (χ4v) is 3.06. The molecule has 0 spiro atoms. The van der Waals surface area contributed by atoms with Crippen LogP contribution in [0.2, 0.25) is 0 Å². The second kappa shape index (κ2) is 5.63. The van der Waals surface area contributed by atoms with E-state index in [1.165, 1.54) is 5.57 Å². The van der Waals surface area contributed by atoms with Crippen molar-refractivity contribution in [3.8, 4) is 0 Å². The minimum absolute atomic E-state index is 0.233. The first-order valence-electron chi connectivity index (χ1n) is 5.40. The van der Waals surface area contributed by atoms with Gasteiger partial charge in [-0.15, -0.1) is 0 Å². The van der Waals surface area contributed by atoms with Crippen LogP contribution in [-0.4, -0.2) is 38.1 Å². The van der Waals surface area contributed by atoms with Gasteiger partial charge in [0, 0.05) is 13.1 Å². The van der Waals surface area contributed by atoms with E-state index in [-0.39, 0.29) is 5.75 Å². The highest BCUT2D eigenvalue weighted by atomic mass is 32.2. The Morgan fingerprint density at radius 3 is 2.73 bits per heavy atom. The molecule has 88 valence electrons. The Bertz CT molecular complexity index is 322. The van der Waals surface area contributed by atoms with E-state index in [2.05, 4.69) is 0 Å². The number of hydrogen-bond donors (Lipinski definition) is 1.